The van der Waals surface area contributed by atoms with Crippen LogP contribution in [0, 0.1) is 5.92 Å². The second kappa shape index (κ2) is 10.1. The van der Waals surface area contributed by atoms with Crippen molar-refractivity contribution in [2.45, 2.75) is 17.7 Å². The minimum atomic E-state index is -3.76. The number of anilines is 1. The van der Waals surface area contributed by atoms with Gasteiger partial charge in [-0.25, -0.2) is 28.6 Å². The van der Waals surface area contributed by atoms with E-state index in [1.165, 1.54) is 12.4 Å². The predicted octanol–water partition coefficient (Wildman–Crippen LogP) is 3.20. The molecule has 10 nitrogen and oxygen atoms in total. The highest BCUT2D eigenvalue weighted by Crippen LogP contribution is 2.32. The lowest BCUT2D eigenvalue weighted by Gasteiger charge is -2.32. The Morgan fingerprint density at radius 1 is 1.06 bits per heavy atom. The summed E-state index contributed by atoms with van der Waals surface area (Å²) in [5, 5.41) is 9.61. The number of nitrogens with zero attached hydrogens (tertiary/aromatic N) is 3. The summed E-state index contributed by atoms with van der Waals surface area (Å²) >= 11 is 0. The number of aromatic nitrogens is 2. The highest BCUT2D eigenvalue weighted by Gasteiger charge is 2.25. The molecule has 186 valence electrons. The topological polar surface area (TPSA) is 138 Å². The first kappa shape index (κ1) is 23.9. The van der Waals surface area contributed by atoms with Crippen molar-refractivity contribution in [3.8, 4) is 11.3 Å². The highest BCUT2D eigenvalue weighted by molar-refractivity contribution is 7.89. The largest absolute Gasteiger partial charge is 0.456 e. The van der Waals surface area contributed by atoms with Gasteiger partial charge >= 0.3 is 0 Å². The van der Waals surface area contributed by atoms with Crippen molar-refractivity contribution in [2.24, 2.45) is 5.92 Å². The molecule has 1 aliphatic rings. The van der Waals surface area contributed by atoms with E-state index in [1.807, 2.05) is 35.2 Å². The molecule has 1 saturated heterocycles. The molecule has 36 heavy (non-hydrogen) atoms. The van der Waals surface area contributed by atoms with E-state index in [1.54, 1.807) is 29.7 Å². The van der Waals surface area contributed by atoms with Crippen LogP contribution in [-0.4, -0.2) is 49.1 Å². The van der Waals surface area contributed by atoms with Gasteiger partial charge in [0.15, 0.2) is 0 Å². The normalized spacial score (nSPS) is 14.8. The summed E-state index contributed by atoms with van der Waals surface area (Å²) in [5.41, 5.74) is 2.93. The molecule has 0 aliphatic carbocycles. The maximum atomic E-state index is 13.2. The van der Waals surface area contributed by atoms with Gasteiger partial charge in [0.2, 0.25) is 16.0 Å². The minimum absolute atomic E-state index is 0.161. The number of nitrogens with one attached hydrogen (secondary N) is 2. The maximum Gasteiger partial charge on any atom is 0.277 e. The lowest BCUT2D eigenvalue weighted by Crippen LogP contribution is -2.39. The number of hydrogen-bond acceptors (Lipinski definition) is 8. The number of amides is 1. The first-order chi connectivity index (χ1) is 17.4. The van der Waals surface area contributed by atoms with Gasteiger partial charge in [0, 0.05) is 43.0 Å². The van der Waals surface area contributed by atoms with Gasteiger partial charge in [-0.3, -0.25) is 10.0 Å². The Kier molecular flexibility index (Phi) is 6.68. The quantitative estimate of drug-likeness (QED) is 0.256. The Labute approximate surface area is 208 Å². The summed E-state index contributed by atoms with van der Waals surface area (Å²) in [7, 11) is -3.76. The van der Waals surface area contributed by atoms with E-state index >= 15 is 0 Å². The van der Waals surface area contributed by atoms with Crippen molar-refractivity contribution >= 4 is 32.8 Å². The van der Waals surface area contributed by atoms with Crippen LogP contribution in [0.15, 0.2) is 76.3 Å². The first-order valence-electron chi connectivity index (χ1n) is 11.5. The summed E-state index contributed by atoms with van der Waals surface area (Å²) in [6.07, 6.45) is 4.23. The van der Waals surface area contributed by atoms with Gasteiger partial charge in [-0.1, -0.05) is 30.3 Å². The van der Waals surface area contributed by atoms with Crippen LogP contribution < -0.4 is 15.1 Å². The summed E-state index contributed by atoms with van der Waals surface area (Å²) in [6, 6.07) is 16.3. The van der Waals surface area contributed by atoms with Crippen LogP contribution in [0.25, 0.3) is 22.3 Å². The molecule has 1 aliphatic heterocycles. The van der Waals surface area contributed by atoms with Gasteiger partial charge in [0.25, 0.3) is 5.91 Å². The van der Waals surface area contributed by atoms with Gasteiger partial charge in [0.05, 0.1) is 10.5 Å². The number of rotatable bonds is 7. The molecule has 0 bridgehead atoms. The third kappa shape index (κ3) is 4.94. The number of hydrogen-bond donors (Lipinski definition) is 3. The van der Waals surface area contributed by atoms with Gasteiger partial charge in [-0.05, 0) is 43.0 Å². The van der Waals surface area contributed by atoms with E-state index in [4.69, 9.17) is 9.62 Å². The molecule has 0 radical (unpaired) electrons. The van der Waals surface area contributed by atoms with Crippen LogP contribution in [0.1, 0.15) is 23.2 Å². The third-order valence-electron chi connectivity index (χ3n) is 6.33. The van der Waals surface area contributed by atoms with Gasteiger partial charge in [0.1, 0.15) is 11.3 Å². The Morgan fingerprint density at radius 3 is 2.47 bits per heavy atom. The van der Waals surface area contributed by atoms with Crippen molar-refractivity contribution in [2.75, 3.05) is 24.5 Å². The number of hydroxylamine groups is 1. The molecule has 1 amide bonds. The fourth-order valence-corrected chi connectivity index (χ4v) is 5.65. The lowest BCUT2D eigenvalue weighted by atomic mass is 9.97. The van der Waals surface area contributed by atoms with Gasteiger partial charge in [-0.15, -0.1) is 0 Å². The molecule has 5 rings (SSSR count). The van der Waals surface area contributed by atoms with Crippen molar-refractivity contribution in [1.82, 2.24) is 20.2 Å². The van der Waals surface area contributed by atoms with Crippen molar-refractivity contribution in [3.05, 3.63) is 72.6 Å². The standard InChI is InChI=1S/C25H25N5O5S/c31-24(29-32)19-15-26-25(27-16-19)30-11-9-17(10-12-30)14-28-36(33,34)23-8-4-2-6-20(23)22-13-18-5-1-3-7-21(18)35-22/h1-8,13,15-17,28,32H,9-12,14H2,(H,29,31). The molecule has 2 aromatic heterocycles. The van der Waals surface area contributed by atoms with Gasteiger partial charge < -0.3 is 9.32 Å². The molecule has 1 fully saturated rings. The second-order valence-corrected chi connectivity index (χ2v) is 10.4. The van der Waals surface area contributed by atoms with Crippen LogP contribution in [0.3, 0.4) is 0 Å². The van der Waals surface area contributed by atoms with Crippen LogP contribution in [0.5, 0.6) is 0 Å². The van der Waals surface area contributed by atoms with Crippen LogP contribution in [0.2, 0.25) is 0 Å². The fourth-order valence-electron chi connectivity index (χ4n) is 4.33. The van der Waals surface area contributed by atoms with Crippen molar-refractivity contribution < 1.29 is 22.8 Å². The molecule has 0 unspecified atom stereocenters. The Morgan fingerprint density at radius 2 is 1.75 bits per heavy atom. The van der Waals surface area contributed by atoms with E-state index in [2.05, 4.69) is 14.7 Å². The zero-order valence-corrected chi connectivity index (χ0v) is 20.1. The monoisotopic (exact) mass is 507 g/mol. The molecule has 4 aromatic rings. The van der Waals surface area contributed by atoms with E-state index < -0.39 is 15.9 Å². The minimum Gasteiger partial charge on any atom is -0.456 e. The highest BCUT2D eigenvalue weighted by atomic mass is 32.2. The van der Waals surface area contributed by atoms with Crippen LogP contribution in [-0.2, 0) is 10.0 Å². The molecular formula is C25H25N5O5S. The first-order valence-corrected chi connectivity index (χ1v) is 13.0. The molecule has 0 saturated carbocycles. The van der Waals surface area contributed by atoms with E-state index in [9.17, 15) is 13.2 Å². The number of sulfonamides is 1. The zero-order valence-electron chi connectivity index (χ0n) is 19.3. The molecule has 11 heteroatoms. The summed E-state index contributed by atoms with van der Waals surface area (Å²) in [6.45, 7) is 1.64. The third-order valence-corrected chi connectivity index (χ3v) is 7.81. The number of para-hydroxylation sites is 1. The van der Waals surface area contributed by atoms with Crippen LogP contribution >= 0.6 is 0 Å². The average Bonchev–Trinajstić information content (AvgIpc) is 3.36. The van der Waals surface area contributed by atoms with Gasteiger partial charge in [-0.2, -0.15) is 0 Å². The zero-order chi connectivity index (χ0) is 25.1. The lowest BCUT2D eigenvalue weighted by molar-refractivity contribution is 0.0705. The smallest absolute Gasteiger partial charge is 0.277 e. The van der Waals surface area contributed by atoms with Crippen molar-refractivity contribution in [1.29, 1.82) is 0 Å². The Hall–Kier alpha value is -3.80. The fraction of sp³-hybridized carbons (Fsp3) is 0.240. The number of furan rings is 1. The Bertz CT molecular complexity index is 1450. The SMILES string of the molecule is O=C(NO)c1cnc(N2CCC(CNS(=O)(=O)c3ccccc3-c3cc4ccccc4o3)CC2)nc1. The number of carbonyl (C=O) groups excluding carboxylic acids is 1. The number of benzene rings is 2. The number of carbonyl (C=O) groups is 1. The summed E-state index contributed by atoms with van der Waals surface area (Å²) < 4.78 is 35.2. The number of piperidine rings is 1. The molecule has 2 aromatic carbocycles. The van der Waals surface area contributed by atoms with E-state index in [-0.39, 0.29) is 16.4 Å². The maximum absolute atomic E-state index is 13.2. The average molecular weight is 508 g/mol. The molecule has 0 spiro atoms. The van der Waals surface area contributed by atoms with E-state index in [0.717, 1.165) is 18.2 Å². The van der Waals surface area contributed by atoms with Crippen molar-refractivity contribution in [3.63, 3.8) is 0 Å². The summed E-state index contributed by atoms with van der Waals surface area (Å²) in [5.74, 6) is 0.486. The molecule has 3 N–H and O–H groups in total. The van der Waals surface area contributed by atoms with Crippen LogP contribution in [0.4, 0.5) is 5.95 Å². The van der Waals surface area contributed by atoms with E-state index in [0.29, 0.717) is 42.5 Å². The molecular weight excluding hydrogens is 482 g/mol. The Balaban J connectivity index is 1.23. The molecule has 0 atom stereocenters. The predicted molar refractivity (Wildman–Crippen MR) is 133 cm³/mol. The second-order valence-electron chi connectivity index (χ2n) is 8.64. The number of fused-ring (bicyclic) bond motifs is 1. The molecule has 3 heterocycles. The summed E-state index contributed by atoms with van der Waals surface area (Å²) in [4.78, 5) is 22.0.